The first kappa shape index (κ1) is 18.6. The maximum atomic E-state index is 11.9. The average Bonchev–Trinajstić information content (AvgIpc) is 2.38. The Labute approximate surface area is 148 Å². The van der Waals surface area contributed by atoms with Gasteiger partial charge < -0.3 is 10.4 Å². The van der Waals surface area contributed by atoms with Crippen molar-refractivity contribution in [1.29, 1.82) is 0 Å². The smallest absolute Gasteiger partial charge is 0.320 e. The van der Waals surface area contributed by atoms with Crippen molar-refractivity contribution < 1.29 is 14.7 Å². The summed E-state index contributed by atoms with van der Waals surface area (Å²) >= 11 is 10.1. The zero-order valence-electron chi connectivity index (χ0n) is 11.3. The van der Waals surface area contributed by atoms with Crippen molar-refractivity contribution in [2.45, 2.75) is 25.8 Å². The summed E-state index contributed by atoms with van der Waals surface area (Å²) in [5, 5.41) is 14.5. The van der Waals surface area contributed by atoms with Crippen LogP contribution in [0.15, 0.2) is 25.6 Å². The van der Waals surface area contributed by atoms with Gasteiger partial charge in [0.05, 0.1) is 12.2 Å². The molecule has 0 radical (unpaired) electrons. The van der Waals surface area contributed by atoms with Crippen LogP contribution in [0.2, 0.25) is 0 Å². The molecular weight excluding hydrogens is 472 g/mol. The molecule has 8 heteroatoms. The van der Waals surface area contributed by atoms with Gasteiger partial charge in [-0.05, 0) is 50.4 Å². The first-order valence-electron chi connectivity index (χ1n) is 6.25. The number of benzene rings is 1. The van der Waals surface area contributed by atoms with Gasteiger partial charge in [-0.25, -0.2) is 0 Å². The molecule has 1 amide bonds. The lowest BCUT2D eigenvalue weighted by Crippen LogP contribution is -2.41. The van der Waals surface area contributed by atoms with E-state index in [4.69, 9.17) is 5.11 Å². The van der Waals surface area contributed by atoms with E-state index in [0.717, 1.165) is 19.8 Å². The fourth-order valence-electron chi connectivity index (χ4n) is 1.66. The molecule has 21 heavy (non-hydrogen) atoms. The summed E-state index contributed by atoms with van der Waals surface area (Å²) in [5.41, 5.74) is 0.604. The molecule has 116 valence electrons. The van der Waals surface area contributed by atoms with Crippen molar-refractivity contribution in [1.82, 2.24) is 5.32 Å². The summed E-state index contributed by atoms with van der Waals surface area (Å²) in [6, 6.07) is 2.91. The second kappa shape index (κ2) is 8.87. The van der Waals surface area contributed by atoms with E-state index in [1.807, 2.05) is 19.1 Å². The van der Waals surface area contributed by atoms with Crippen LogP contribution in [0.3, 0.4) is 0 Å². The zero-order chi connectivity index (χ0) is 16.0. The minimum absolute atomic E-state index is 0.0636. The van der Waals surface area contributed by atoms with Crippen LogP contribution in [0.25, 0.3) is 0 Å². The maximum Gasteiger partial charge on any atom is 0.320 e. The van der Waals surface area contributed by atoms with Crippen molar-refractivity contribution in [3.63, 3.8) is 0 Å². The first-order chi connectivity index (χ1) is 9.85. The number of rotatable bonds is 7. The van der Waals surface area contributed by atoms with E-state index in [0.29, 0.717) is 12.1 Å². The molecule has 0 saturated carbocycles. The fourth-order valence-corrected chi connectivity index (χ4v) is 4.12. The Hall–Kier alpha value is -0.440. The Bertz CT molecular complexity index is 514. The number of hydrogen-bond donors (Lipinski definition) is 3. The number of aliphatic carboxylic acids is 1. The van der Waals surface area contributed by atoms with Gasteiger partial charge in [0.2, 0.25) is 5.91 Å². The largest absolute Gasteiger partial charge is 0.480 e. The molecule has 1 rings (SSSR count). The molecule has 0 fully saturated rings. The highest BCUT2D eigenvalue weighted by atomic mass is 79.9. The van der Waals surface area contributed by atoms with E-state index in [1.54, 1.807) is 0 Å². The van der Waals surface area contributed by atoms with E-state index in [9.17, 15) is 9.59 Å². The Kier molecular flexibility index (Phi) is 7.86. The minimum atomic E-state index is -0.948. The average molecular weight is 487 g/mol. The molecule has 0 spiro atoms. The number of anilines is 1. The van der Waals surface area contributed by atoms with Gasteiger partial charge in [-0.3, -0.25) is 14.9 Å². The Morgan fingerprint density at radius 1 is 1.24 bits per heavy atom. The van der Waals surface area contributed by atoms with Crippen LogP contribution in [0.5, 0.6) is 0 Å². The van der Waals surface area contributed by atoms with Crippen molar-refractivity contribution >= 4 is 65.4 Å². The molecule has 3 N–H and O–H groups in total. The minimum Gasteiger partial charge on any atom is -0.480 e. The van der Waals surface area contributed by atoms with Crippen LogP contribution in [-0.4, -0.2) is 29.6 Å². The van der Waals surface area contributed by atoms with Gasteiger partial charge in [0.1, 0.15) is 6.04 Å². The van der Waals surface area contributed by atoms with Crippen molar-refractivity contribution in [2.75, 3.05) is 11.9 Å². The van der Waals surface area contributed by atoms with Gasteiger partial charge in [-0.15, -0.1) is 0 Å². The number of amides is 1. The normalized spacial score (nSPS) is 12.0. The quantitative estimate of drug-likeness (QED) is 0.548. The van der Waals surface area contributed by atoms with E-state index >= 15 is 0 Å². The summed E-state index contributed by atoms with van der Waals surface area (Å²) in [6.07, 6.45) is 1.21. The second-order valence-electron chi connectivity index (χ2n) is 4.35. The zero-order valence-corrected chi connectivity index (χ0v) is 16.0. The molecule has 0 aromatic heterocycles. The fraction of sp³-hybridized carbons (Fsp3) is 0.385. The predicted octanol–water partition coefficient (Wildman–Crippen LogP) is 3.76. The third-order valence-corrected chi connectivity index (χ3v) is 4.36. The van der Waals surface area contributed by atoms with Crippen molar-refractivity contribution in [2.24, 2.45) is 0 Å². The molecule has 1 atom stereocenters. The molecule has 0 saturated heterocycles. The predicted molar refractivity (Wildman–Crippen MR) is 92.5 cm³/mol. The highest BCUT2D eigenvalue weighted by Crippen LogP contribution is 2.34. The van der Waals surface area contributed by atoms with Gasteiger partial charge in [0, 0.05) is 13.4 Å². The van der Waals surface area contributed by atoms with Crippen molar-refractivity contribution in [3.05, 3.63) is 25.6 Å². The third kappa shape index (κ3) is 6.06. The van der Waals surface area contributed by atoms with Crippen molar-refractivity contribution in [3.8, 4) is 0 Å². The monoisotopic (exact) mass is 484 g/mol. The van der Waals surface area contributed by atoms with E-state index in [-0.39, 0.29) is 12.5 Å². The number of hydrogen-bond acceptors (Lipinski definition) is 3. The standard InChI is InChI=1S/C13H15Br3N2O3/c1-2-3-10(13(20)21)17-6-11(19)18-12-8(15)4-7(14)5-9(12)16/h4-5,10,17H,2-3,6H2,1H3,(H,18,19)(H,20,21). The van der Waals surface area contributed by atoms with Crippen LogP contribution < -0.4 is 10.6 Å². The SMILES string of the molecule is CCCC(NCC(=O)Nc1c(Br)cc(Br)cc1Br)C(=O)O. The molecule has 0 bridgehead atoms. The van der Waals surface area contributed by atoms with E-state index in [2.05, 4.69) is 58.4 Å². The lowest BCUT2D eigenvalue weighted by atomic mass is 10.2. The number of nitrogens with one attached hydrogen (secondary N) is 2. The lowest BCUT2D eigenvalue weighted by molar-refractivity contribution is -0.139. The summed E-state index contributed by atoms with van der Waals surface area (Å²) in [6.45, 7) is 1.83. The lowest BCUT2D eigenvalue weighted by Gasteiger charge is -2.14. The molecule has 0 heterocycles. The first-order valence-corrected chi connectivity index (χ1v) is 8.63. The Balaban J connectivity index is 2.64. The topological polar surface area (TPSA) is 78.4 Å². The van der Waals surface area contributed by atoms with E-state index in [1.165, 1.54) is 0 Å². The van der Waals surface area contributed by atoms with Crippen LogP contribution in [0, 0.1) is 0 Å². The Morgan fingerprint density at radius 2 is 1.81 bits per heavy atom. The van der Waals surface area contributed by atoms with Gasteiger partial charge >= 0.3 is 5.97 Å². The Morgan fingerprint density at radius 3 is 2.29 bits per heavy atom. The number of halogens is 3. The molecule has 0 aliphatic heterocycles. The number of carbonyl (C=O) groups is 2. The van der Waals surface area contributed by atoms with E-state index < -0.39 is 12.0 Å². The molecule has 0 aliphatic rings. The van der Waals surface area contributed by atoms with Gasteiger partial charge in [0.25, 0.3) is 0 Å². The molecule has 1 aromatic rings. The maximum absolute atomic E-state index is 11.9. The highest BCUT2D eigenvalue weighted by molar-refractivity contribution is 9.11. The van der Waals surface area contributed by atoms with Gasteiger partial charge in [-0.2, -0.15) is 0 Å². The number of carboxylic acid groups (broad SMARTS) is 1. The van der Waals surface area contributed by atoms with Crippen LogP contribution >= 0.6 is 47.8 Å². The molecule has 1 unspecified atom stereocenters. The van der Waals surface area contributed by atoms with Gasteiger partial charge in [-0.1, -0.05) is 29.3 Å². The summed E-state index contributed by atoms with van der Waals surface area (Å²) < 4.78 is 2.31. The molecule has 5 nitrogen and oxygen atoms in total. The molecular formula is C13H15Br3N2O3. The summed E-state index contributed by atoms with van der Waals surface area (Å²) in [4.78, 5) is 22.9. The molecule has 0 aliphatic carbocycles. The van der Waals surface area contributed by atoms with Crippen LogP contribution in [0.1, 0.15) is 19.8 Å². The van der Waals surface area contributed by atoms with Gasteiger partial charge in [0.15, 0.2) is 0 Å². The van der Waals surface area contributed by atoms with Crippen LogP contribution in [0.4, 0.5) is 5.69 Å². The number of carboxylic acids is 1. The summed E-state index contributed by atoms with van der Waals surface area (Å²) in [5.74, 6) is -1.25. The number of carbonyl (C=O) groups excluding carboxylic acids is 1. The third-order valence-electron chi connectivity index (χ3n) is 2.66. The highest BCUT2D eigenvalue weighted by Gasteiger charge is 2.17. The molecule has 1 aromatic carbocycles. The van der Waals surface area contributed by atoms with Crippen LogP contribution in [-0.2, 0) is 9.59 Å². The summed E-state index contributed by atoms with van der Waals surface area (Å²) in [7, 11) is 0. The second-order valence-corrected chi connectivity index (χ2v) is 6.98.